The summed E-state index contributed by atoms with van der Waals surface area (Å²) in [7, 11) is 0. The van der Waals surface area contributed by atoms with Crippen molar-refractivity contribution in [1.29, 1.82) is 5.26 Å². The van der Waals surface area contributed by atoms with E-state index in [4.69, 9.17) is 5.26 Å². The zero-order valence-corrected chi connectivity index (χ0v) is 7.90. The van der Waals surface area contributed by atoms with E-state index < -0.39 is 0 Å². The molecule has 1 aromatic rings. The number of nitriles is 1. The van der Waals surface area contributed by atoms with Gasteiger partial charge in [0, 0.05) is 25.5 Å². The molecule has 0 saturated carbocycles. The van der Waals surface area contributed by atoms with Gasteiger partial charge in [-0.15, -0.1) is 0 Å². The van der Waals surface area contributed by atoms with Crippen LogP contribution in [-0.4, -0.2) is 9.13 Å². The molecule has 0 aromatic carbocycles. The highest BCUT2D eigenvalue weighted by molar-refractivity contribution is 4.85. The van der Waals surface area contributed by atoms with E-state index in [2.05, 4.69) is 6.07 Å². The highest BCUT2D eigenvalue weighted by Gasteiger charge is 2.05. The van der Waals surface area contributed by atoms with Gasteiger partial charge in [-0.1, -0.05) is 0 Å². The van der Waals surface area contributed by atoms with Crippen LogP contribution >= 0.6 is 0 Å². The molecule has 1 rings (SSSR count). The largest absolute Gasteiger partial charge is 0.328 e. The summed E-state index contributed by atoms with van der Waals surface area (Å²) >= 11 is 0. The van der Waals surface area contributed by atoms with Crippen LogP contribution in [0.3, 0.4) is 0 Å². The molecule has 0 amide bonds. The van der Waals surface area contributed by atoms with Crippen LogP contribution in [0.2, 0.25) is 0 Å². The van der Waals surface area contributed by atoms with Crippen molar-refractivity contribution in [2.24, 2.45) is 5.92 Å². The molecule has 0 N–H and O–H groups in total. The van der Waals surface area contributed by atoms with E-state index in [-0.39, 0.29) is 11.6 Å². The molecule has 4 nitrogen and oxygen atoms in total. The Hall–Kier alpha value is -1.50. The Bertz CT molecular complexity index is 369. The van der Waals surface area contributed by atoms with Gasteiger partial charge < -0.3 is 0 Å². The summed E-state index contributed by atoms with van der Waals surface area (Å²) in [5.41, 5.74) is -0.0374. The Labute approximate surface area is 77.0 Å². The Morgan fingerprint density at radius 1 is 1.54 bits per heavy atom. The van der Waals surface area contributed by atoms with Gasteiger partial charge in [-0.25, -0.2) is 4.79 Å². The molecule has 0 saturated heterocycles. The normalized spacial score (nSPS) is 12.4. The van der Waals surface area contributed by atoms with Gasteiger partial charge in [-0.3, -0.25) is 9.13 Å². The van der Waals surface area contributed by atoms with Gasteiger partial charge in [0.25, 0.3) is 0 Å². The van der Waals surface area contributed by atoms with Gasteiger partial charge in [0.15, 0.2) is 0 Å². The van der Waals surface area contributed by atoms with Crippen LogP contribution < -0.4 is 5.69 Å². The number of aromatic nitrogens is 2. The molecule has 1 heterocycles. The van der Waals surface area contributed by atoms with E-state index >= 15 is 0 Å². The number of imidazole rings is 1. The van der Waals surface area contributed by atoms with E-state index in [1.54, 1.807) is 28.5 Å². The van der Waals surface area contributed by atoms with Crippen LogP contribution in [0.4, 0.5) is 0 Å². The quantitative estimate of drug-likeness (QED) is 0.690. The monoisotopic (exact) mass is 179 g/mol. The van der Waals surface area contributed by atoms with Crippen LogP contribution in [-0.2, 0) is 13.1 Å². The van der Waals surface area contributed by atoms with Crippen LogP contribution in [0.25, 0.3) is 0 Å². The SMILES string of the molecule is CCn1ccn(CC(C)C#N)c1=O. The number of hydrogen-bond donors (Lipinski definition) is 0. The Morgan fingerprint density at radius 2 is 2.15 bits per heavy atom. The summed E-state index contributed by atoms with van der Waals surface area (Å²) in [6, 6.07) is 2.10. The number of aryl methyl sites for hydroxylation is 1. The lowest BCUT2D eigenvalue weighted by atomic mass is 10.2. The van der Waals surface area contributed by atoms with Crippen molar-refractivity contribution in [3.05, 3.63) is 22.9 Å². The first kappa shape index (κ1) is 9.59. The van der Waals surface area contributed by atoms with Crippen molar-refractivity contribution in [2.45, 2.75) is 26.9 Å². The third-order valence-corrected chi connectivity index (χ3v) is 1.95. The van der Waals surface area contributed by atoms with Crippen molar-refractivity contribution in [3.8, 4) is 6.07 Å². The molecule has 1 unspecified atom stereocenters. The van der Waals surface area contributed by atoms with Gasteiger partial charge in [0.2, 0.25) is 0 Å². The molecular weight excluding hydrogens is 166 g/mol. The molecule has 0 aliphatic rings. The summed E-state index contributed by atoms with van der Waals surface area (Å²) in [6.07, 6.45) is 3.46. The third kappa shape index (κ3) is 2.00. The lowest BCUT2D eigenvalue weighted by molar-refractivity contribution is 0.549. The summed E-state index contributed by atoms with van der Waals surface area (Å²) in [5, 5.41) is 8.58. The van der Waals surface area contributed by atoms with Crippen molar-refractivity contribution in [3.63, 3.8) is 0 Å². The van der Waals surface area contributed by atoms with Gasteiger partial charge in [0.05, 0.1) is 12.0 Å². The van der Waals surface area contributed by atoms with Crippen LogP contribution in [0.15, 0.2) is 17.2 Å². The van der Waals surface area contributed by atoms with Crippen LogP contribution in [0.5, 0.6) is 0 Å². The predicted molar refractivity (Wildman–Crippen MR) is 49.1 cm³/mol. The Kier molecular flexibility index (Phi) is 2.91. The maximum Gasteiger partial charge on any atom is 0.328 e. The fourth-order valence-electron chi connectivity index (χ4n) is 1.17. The molecule has 70 valence electrons. The van der Waals surface area contributed by atoms with Crippen molar-refractivity contribution in [2.75, 3.05) is 0 Å². The van der Waals surface area contributed by atoms with E-state index in [0.29, 0.717) is 13.1 Å². The minimum Gasteiger partial charge on any atom is -0.300 e. The van der Waals surface area contributed by atoms with Crippen LogP contribution in [0.1, 0.15) is 13.8 Å². The van der Waals surface area contributed by atoms with Crippen LogP contribution in [0, 0.1) is 17.2 Å². The molecule has 4 heteroatoms. The molecule has 0 bridgehead atoms. The minimum absolute atomic E-state index is 0.0374. The Morgan fingerprint density at radius 3 is 2.62 bits per heavy atom. The minimum atomic E-state index is -0.120. The summed E-state index contributed by atoms with van der Waals surface area (Å²) < 4.78 is 3.18. The second-order valence-electron chi connectivity index (χ2n) is 3.05. The first-order valence-corrected chi connectivity index (χ1v) is 4.34. The van der Waals surface area contributed by atoms with E-state index in [1.165, 1.54) is 0 Å². The smallest absolute Gasteiger partial charge is 0.300 e. The predicted octanol–water partition coefficient (Wildman–Crippen LogP) is 0.829. The molecule has 1 atom stereocenters. The zero-order valence-electron chi connectivity index (χ0n) is 7.90. The highest BCUT2D eigenvalue weighted by atomic mass is 16.1. The average molecular weight is 179 g/mol. The summed E-state index contributed by atoms with van der Waals surface area (Å²) in [6.45, 7) is 4.87. The van der Waals surface area contributed by atoms with Gasteiger partial charge in [-0.2, -0.15) is 5.26 Å². The van der Waals surface area contributed by atoms with Gasteiger partial charge >= 0.3 is 5.69 Å². The first-order valence-electron chi connectivity index (χ1n) is 4.34. The number of hydrogen-bond acceptors (Lipinski definition) is 2. The topological polar surface area (TPSA) is 50.7 Å². The summed E-state index contributed by atoms with van der Waals surface area (Å²) in [4.78, 5) is 11.5. The van der Waals surface area contributed by atoms with E-state index in [9.17, 15) is 4.79 Å². The highest BCUT2D eigenvalue weighted by Crippen LogP contribution is 1.96. The Balaban J connectivity index is 2.86. The maximum absolute atomic E-state index is 11.5. The molecule has 13 heavy (non-hydrogen) atoms. The molecular formula is C9H13N3O. The van der Waals surface area contributed by atoms with Gasteiger partial charge in [0.1, 0.15) is 0 Å². The van der Waals surface area contributed by atoms with Gasteiger partial charge in [-0.05, 0) is 13.8 Å². The van der Waals surface area contributed by atoms with Crippen molar-refractivity contribution in [1.82, 2.24) is 9.13 Å². The lowest BCUT2D eigenvalue weighted by Gasteiger charge is -2.01. The van der Waals surface area contributed by atoms with Crippen molar-refractivity contribution >= 4 is 0 Å². The molecule has 0 fully saturated rings. The zero-order chi connectivity index (χ0) is 9.84. The molecule has 0 spiro atoms. The fraction of sp³-hybridized carbons (Fsp3) is 0.556. The molecule has 1 aromatic heterocycles. The maximum atomic E-state index is 11.5. The van der Waals surface area contributed by atoms with Crippen molar-refractivity contribution < 1.29 is 0 Å². The average Bonchev–Trinajstić information content (AvgIpc) is 2.48. The molecule has 0 radical (unpaired) electrons. The van der Waals surface area contributed by atoms with E-state index in [0.717, 1.165) is 0 Å². The summed E-state index contributed by atoms with van der Waals surface area (Å²) in [5.74, 6) is -0.120. The standard InChI is InChI=1S/C9H13N3O/c1-3-11-4-5-12(9(11)13)7-8(2)6-10/h4-5,8H,3,7H2,1-2H3. The molecule has 0 aliphatic heterocycles. The lowest BCUT2D eigenvalue weighted by Crippen LogP contribution is -2.25. The fourth-order valence-corrected chi connectivity index (χ4v) is 1.17. The first-order chi connectivity index (χ1) is 6.19. The third-order valence-electron chi connectivity index (χ3n) is 1.95. The second kappa shape index (κ2) is 3.94. The molecule has 0 aliphatic carbocycles. The van der Waals surface area contributed by atoms with E-state index in [1.807, 2.05) is 6.92 Å². The number of rotatable bonds is 3. The number of nitrogens with zero attached hydrogens (tertiary/aromatic N) is 3. The second-order valence-corrected chi connectivity index (χ2v) is 3.05.